The molecule has 0 spiro atoms. The molecule has 1 fully saturated rings. The van der Waals surface area contributed by atoms with Crippen LogP contribution in [0.15, 0.2) is 42.9 Å². The number of nitrogens with two attached hydrogens (primary N) is 2. The number of hydrogen-bond donors (Lipinski definition) is 4. The summed E-state index contributed by atoms with van der Waals surface area (Å²) in [4.78, 5) is 24.6. The van der Waals surface area contributed by atoms with Gasteiger partial charge in [-0.15, -0.1) is 0 Å². The van der Waals surface area contributed by atoms with Crippen LogP contribution in [0.5, 0.6) is 0 Å². The Bertz CT molecular complexity index is 1450. The summed E-state index contributed by atoms with van der Waals surface area (Å²) in [6, 6.07) is 7.21. The fourth-order valence-corrected chi connectivity index (χ4v) is 4.84. The van der Waals surface area contributed by atoms with E-state index in [1.807, 2.05) is 6.92 Å². The van der Waals surface area contributed by atoms with Crippen molar-refractivity contribution in [1.82, 2.24) is 15.0 Å². The molecule has 0 aliphatic heterocycles. The number of aromatic nitrogens is 3. The molecule has 2 heterocycles. The van der Waals surface area contributed by atoms with E-state index in [0.29, 0.717) is 28.7 Å². The summed E-state index contributed by atoms with van der Waals surface area (Å²) in [5, 5.41) is 6.16. The van der Waals surface area contributed by atoms with E-state index in [1.54, 1.807) is 25.1 Å². The molecule has 216 valence electrons. The average molecular weight is 566 g/mol. The molecule has 1 amide bonds. The van der Waals surface area contributed by atoms with E-state index < -0.39 is 23.3 Å². The Hall–Kier alpha value is -4.17. The summed E-state index contributed by atoms with van der Waals surface area (Å²) >= 11 is 0. The molecule has 2 aromatic heterocycles. The summed E-state index contributed by atoms with van der Waals surface area (Å²) in [5.74, 6) is 6.28. The van der Waals surface area contributed by atoms with Gasteiger partial charge in [-0.05, 0) is 56.5 Å². The molecule has 1 aliphatic carbocycles. The third-order valence-corrected chi connectivity index (χ3v) is 7.11. The number of nitrogens with zero attached hydrogens (tertiary/aromatic N) is 3. The van der Waals surface area contributed by atoms with E-state index in [1.165, 1.54) is 31.7 Å². The van der Waals surface area contributed by atoms with Gasteiger partial charge in [-0.2, -0.15) is 13.2 Å². The predicted octanol–water partition coefficient (Wildman–Crippen LogP) is 5.78. The fourth-order valence-electron chi connectivity index (χ4n) is 4.84. The quantitative estimate of drug-likeness (QED) is 0.288. The number of carbonyl (C=O) groups excluding carboxylic acids is 1. The smallest absolute Gasteiger partial charge is 0.383 e. The molecule has 41 heavy (non-hydrogen) atoms. The van der Waals surface area contributed by atoms with Gasteiger partial charge in [-0.3, -0.25) is 9.78 Å². The SMILES string of the molecule is Cc1ccc(NC(=O)c2ccnc(C(F)(F)F)c2)cc1C#CC(C)(N)c1c(N)ncnc1NC1CCCCCCC1. The molecule has 0 radical (unpaired) electrons. The lowest BCUT2D eigenvalue weighted by Gasteiger charge is -2.27. The lowest BCUT2D eigenvalue weighted by molar-refractivity contribution is -0.141. The number of hydrogen-bond acceptors (Lipinski definition) is 7. The first-order valence-corrected chi connectivity index (χ1v) is 13.6. The molecular formula is C30H34F3N7O. The van der Waals surface area contributed by atoms with Gasteiger partial charge in [0, 0.05) is 29.1 Å². The van der Waals surface area contributed by atoms with Crippen molar-refractivity contribution in [1.29, 1.82) is 0 Å². The lowest BCUT2D eigenvalue weighted by atomic mass is 9.92. The molecule has 1 unspecified atom stereocenters. The number of anilines is 3. The van der Waals surface area contributed by atoms with Crippen LogP contribution in [0, 0.1) is 18.8 Å². The molecule has 1 saturated carbocycles. The van der Waals surface area contributed by atoms with E-state index in [2.05, 4.69) is 37.4 Å². The number of amides is 1. The first-order valence-electron chi connectivity index (χ1n) is 13.6. The second-order valence-electron chi connectivity index (χ2n) is 10.5. The third kappa shape index (κ3) is 7.73. The van der Waals surface area contributed by atoms with Gasteiger partial charge >= 0.3 is 6.18 Å². The molecule has 6 N–H and O–H groups in total. The second kappa shape index (κ2) is 12.6. The monoisotopic (exact) mass is 565 g/mol. The van der Waals surface area contributed by atoms with Crippen molar-refractivity contribution in [3.05, 3.63) is 70.8 Å². The van der Waals surface area contributed by atoms with E-state index in [-0.39, 0.29) is 17.4 Å². The Morgan fingerprint density at radius 3 is 2.44 bits per heavy atom. The van der Waals surface area contributed by atoms with Crippen LogP contribution in [0.25, 0.3) is 0 Å². The van der Waals surface area contributed by atoms with Crippen molar-refractivity contribution >= 4 is 23.2 Å². The number of halogens is 3. The summed E-state index contributed by atoms with van der Waals surface area (Å²) in [6.07, 6.45) is 5.75. The van der Waals surface area contributed by atoms with Gasteiger partial charge in [0.05, 0.1) is 5.56 Å². The molecule has 3 aromatic rings. The summed E-state index contributed by atoms with van der Waals surface area (Å²) in [5.41, 5.74) is 12.7. The van der Waals surface area contributed by atoms with Gasteiger partial charge in [0.25, 0.3) is 5.91 Å². The molecule has 11 heteroatoms. The highest BCUT2D eigenvalue weighted by Crippen LogP contribution is 2.31. The van der Waals surface area contributed by atoms with Gasteiger partial charge in [0.2, 0.25) is 0 Å². The first kappa shape index (κ1) is 29.8. The molecule has 0 bridgehead atoms. The summed E-state index contributed by atoms with van der Waals surface area (Å²) < 4.78 is 39.1. The Kier molecular flexibility index (Phi) is 9.13. The van der Waals surface area contributed by atoms with Crippen LogP contribution in [-0.4, -0.2) is 26.9 Å². The van der Waals surface area contributed by atoms with Crippen LogP contribution in [-0.2, 0) is 11.7 Å². The number of aryl methyl sites for hydroxylation is 1. The van der Waals surface area contributed by atoms with Gasteiger partial charge in [0.15, 0.2) is 0 Å². The Morgan fingerprint density at radius 1 is 1.02 bits per heavy atom. The highest BCUT2D eigenvalue weighted by molar-refractivity contribution is 6.04. The number of rotatable bonds is 5. The number of pyridine rings is 1. The number of benzene rings is 1. The third-order valence-electron chi connectivity index (χ3n) is 7.11. The molecule has 4 rings (SSSR count). The van der Waals surface area contributed by atoms with Crippen molar-refractivity contribution < 1.29 is 18.0 Å². The predicted molar refractivity (Wildman–Crippen MR) is 153 cm³/mol. The fraction of sp³-hybridized carbons (Fsp3) is 0.400. The average Bonchev–Trinajstić information content (AvgIpc) is 2.90. The zero-order valence-corrected chi connectivity index (χ0v) is 23.1. The van der Waals surface area contributed by atoms with E-state index in [4.69, 9.17) is 11.5 Å². The maximum absolute atomic E-state index is 13.0. The molecule has 1 aliphatic rings. The van der Waals surface area contributed by atoms with Gasteiger partial charge in [-0.1, -0.05) is 50.0 Å². The minimum Gasteiger partial charge on any atom is -0.383 e. The number of alkyl halides is 3. The van der Waals surface area contributed by atoms with Gasteiger partial charge in [0.1, 0.15) is 29.2 Å². The number of nitrogen functional groups attached to an aromatic ring is 1. The van der Waals surface area contributed by atoms with Crippen molar-refractivity contribution in [2.24, 2.45) is 5.73 Å². The van der Waals surface area contributed by atoms with E-state index in [9.17, 15) is 18.0 Å². The van der Waals surface area contributed by atoms with E-state index >= 15 is 0 Å². The topological polar surface area (TPSA) is 132 Å². The molecule has 8 nitrogen and oxygen atoms in total. The van der Waals surface area contributed by atoms with E-state index in [0.717, 1.165) is 37.4 Å². The van der Waals surface area contributed by atoms with Crippen molar-refractivity contribution in [3.8, 4) is 11.8 Å². The maximum Gasteiger partial charge on any atom is 0.433 e. The van der Waals surface area contributed by atoms with Crippen molar-refractivity contribution in [3.63, 3.8) is 0 Å². The highest BCUT2D eigenvalue weighted by Gasteiger charge is 2.33. The van der Waals surface area contributed by atoms with Crippen LogP contribution in [0.4, 0.5) is 30.5 Å². The van der Waals surface area contributed by atoms with Crippen LogP contribution >= 0.6 is 0 Å². The van der Waals surface area contributed by atoms with Crippen LogP contribution in [0.2, 0.25) is 0 Å². The largest absolute Gasteiger partial charge is 0.433 e. The normalized spacial score (nSPS) is 16.0. The van der Waals surface area contributed by atoms with Crippen LogP contribution < -0.4 is 22.1 Å². The highest BCUT2D eigenvalue weighted by atomic mass is 19.4. The zero-order chi connectivity index (χ0) is 29.6. The molecule has 1 aromatic carbocycles. The van der Waals surface area contributed by atoms with Crippen LogP contribution in [0.3, 0.4) is 0 Å². The first-order chi connectivity index (χ1) is 19.4. The Balaban J connectivity index is 1.57. The Labute approximate surface area is 237 Å². The molecule has 0 saturated heterocycles. The molecular weight excluding hydrogens is 531 g/mol. The minimum atomic E-state index is -4.66. The van der Waals surface area contributed by atoms with Crippen LogP contribution in [0.1, 0.15) is 84.6 Å². The van der Waals surface area contributed by atoms with Gasteiger partial charge < -0.3 is 22.1 Å². The summed E-state index contributed by atoms with van der Waals surface area (Å²) in [7, 11) is 0. The number of carbonyl (C=O) groups is 1. The van der Waals surface area contributed by atoms with Gasteiger partial charge in [-0.25, -0.2) is 9.97 Å². The zero-order valence-electron chi connectivity index (χ0n) is 23.1. The minimum absolute atomic E-state index is 0.168. The summed E-state index contributed by atoms with van der Waals surface area (Å²) in [6.45, 7) is 3.59. The maximum atomic E-state index is 13.0. The second-order valence-corrected chi connectivity index (χ2v) is 10.5. The number of nitrogens with one attached hydrogen (secondary N) is 2. The van der Waals surface area contributed by atoms with Crippen molar-refractivity contribution in [2.45, 2.75) is 76.6 Å². The standard InChI is InChI=1S/C30H34F3N7O/c1-19-10-11-23(40-28(41)21-13-15-36-24(17-21)30(31,32)33)16-20(19)12-14-29(2,35)25-26(34)37-18-38-27(25)39-22-8-6-4-3-5-7-9-22/h10-11,13,15-18,22H,3-9,35H2,1-2H3,(H,40,41)(H3,34,37,38,39). The van der Waals surface area contributed by atoms with Crippen molar-refractivity contribution in [2.75, 3.05) is 16.4 Å². The molecule has 1 atom stereocenters. The Morgan fingerprint density at radius 2 is 1.73 bits per heavy atom. The lowest BCUT2D eigenvalue weighted by Crippen LogP contribution is -2.35.